The van der Waals surface area contributed by atoms with Crippen molar-refractivity contribution in [3.63, 3.8) is 0 Å². The molecular weight excluding hydrogens is 384 g/mol. The molecule has 0 aliphatic carbocycles. The molecule has 1 aromatic carbocycles. The fraction of sp³-hybridized carbons (Fsp3) is 0.500. The van der Waals surface area contributed by atoms with Crippen molar-refractivity contribution in [1.29, 1.82) is 0 Å². The summed E-state index contributed by atoms with van der Waals surface area (Å²) < 4.78 is 16.5. The molecular formula is C20H27ClN2O5. The zero-order chi connectivity index (χ0) is 21.0. The lowest BCUT2D eigenvalue weighted by molar-refractivity contribution is -0.136. The van der Waals surface area contributed by atoms with Gasteiger partial charge in [-0.25, -0.2) is 9.59 Å². The van der Waals surface area contributed by atoms with Gasteiger partial charge in [-0.05, 0) is 44.4 Å². The zero-order valence-electron chi connectivity index (χ0n) is 17.0. The van der Waals surface area contributed by atoms with Gasteiger partial charge in [0.25, 0.3) is 0 Å². The van der Waals surface area contributed by atoms with Crippen LogP contribution in [0.4, 0.5) is 4.79 Å². The number of ether oxygens (including phenoxy) is 3. The van der Waals surface area contributed by atoms with Crippen molar-refractivity contribution in [2.75, 3.05) is 13.7 Å². The van der Waals surface area contributed by atoms with E-state index in [1.807, 2.05) is 34.6 Å². The number of methoxy groups -OCH3 is 1. The highest BCUT2D eigenvalue weighted by Crippen LogP contribution is 2.41. The van der Waals surface area contributed by atoms with Crippen LogP contribution in [0.3, 0.4) is 0 Å². The first-order valence-corrected chi connectivity index (χ1v) is 9.60. The highest BCUT2D eigenvalue weighted by Gasteiger charge is 2.35. The minimum absolute atomic E-state index is 0.0898. The van der Waals surface area contributed by atoms with Crippen LogP contribution in [0, 0.1) is 5.92 Å². The largest absolute Gasteiger partial charge is 0.490 e. The molecule has 0 saturated carbocycles. The second-order valence-electron chi connectivity index (χ2n) is 6.93. The SMILES string of the molecule is CCOc1cc(C2NC(=O)NC(C(C)C)=C2C(=O)OC)cc(Cl)c1OC(C)C. The number of esters is 1. The van der Waals surface area contributed by atoms with E-state index >= 15 is 0 Å². The van der Waals surface area contributed by atoms with Gasteiger partial charge in [0.2, 0.25) is 0 Å². The molecule has 2 amide bonds. The Bertz CT molecular complexity index is 789. The van der Waals surface area contributed by atoms with Crippen molar-refractivity contribution in [3.05, 3.63) is 34.0 Å². The van der Waals surface area contributed by atoms with Crippen LogP contribution in [0.5, 0.6) is 11.5 Å². The number of carbonyl (C=O) groups is 2. The molecule has 2 N–H and O–H groups in total. The Kier molecular flexibility index (Phi) is 7.18. The van der Waals surface area contributed by atoms with E-state index in [0.717, 1.165) is 0 Å². The van der Waals surface area contributed by atoms with Crippen LogP contribution in [-0.2, 0) is 9.53 Å². The van der Waals surface area contributed by atoms with E-state index < -0.39 is 18.0 Å². The Labute approximate surface area is 170 Å². The normalized spacial score (nSPS) is 16.8. The van der Waals surface area contributed by atoms with E-state index in [1.165, 1.54) is 7.11 Å². The predicted octanol–water partition coefficient (Wildman–Crippen LogP) is 3.96. The van der Waals surface area contributed by atoms with Gasteiger partial charge in [0.05, 0.1) is 36.5 Å². The molecule has 1 aromatic rings. The molecule has 1 atom stereocenters. The topological polar surface area (TPSA) is 85.9 Å². The molecule has 0 spiro atoms. The number of halogens is 1. The van der Waals surface area contributed by atoms with Crippen molar-refractivity contribution in [3.8, 4) is 11.5 Å². The summed E-state index contributed by atoms with van der Waals surface area (Å²) in [5, 5.41) is 5.82. The van der Waals surface area contributed by atoms with Crippen molar-refractivity contribution >= 4 is 23.6 Å². The van der Waals surface area contributed by atoms with Crippen LogP contribution >= 0.6 is 11.6 Å². The number of rotatable bonds is 7. The highest BCUT2D eigenvalue weighted by molar-refractivity contribution is 6.32. The summed E-state index contributed by atoms with van der Waals surface area (Å²) in [7, 11) is 1.30. The van der Waals surface area contributed by atoms with Crippen LogP contribution in [-0.4, -0.2) is 31.8 Å². The van der Waals surface area contributed by atoms with Crippen molar-refractivity contribution in [2.24, 2.45) is 5.92 Å². The van der Waals surface area contributed by atoms with Gasteiger partial charge in [-0.2, -0.15) is 0 Å². The zero-order valence-corrected chi connectivity index (χ0v) is 17.8. The average Bonchev–Trinajstić information content (AvgIpc) is 2.62. The number of nitrogens with one attached hydrogen (secondary N) is 2. The van der Waals surface area contributed by atoms with Gasteiger partial charge in [-0.15, -0.1) is 0 Å². The number of allylic oxidation sites excluding steroid dienone is 1. The minimum Gasteiger partial charge on any atom is -0.490 e. The van der Waals surface area contributed by atoms with E-state index in [0.29, 0.717) is 40.0 Å². The maximum Gasteiger partial charge on any atom is 0.337 e. The quantitative estimate of drug-likeness (QED) is 0.664. The van der Waals surface area contributed by atoms with Crippen molar-refractivity contribution in [1.82, 2.24) is 10.6 Å². The molecule has 0 radical (unpaired) electrons. The first kappa shape index (κ1) is 21.9. The Morgan fingerprint density at radius 1 is 1.25 bits per heavy atom. The van der Waals surface area contributed by atoms with Crippen molar-refractivity contribution in [2.45, 2.75) is 46.8 Å². The molecule has 7 nitrogen and oxygen atoms in total. The smallest absolute Gasteiger partial charge is 0.337 e. The third kappa shape index (κ3) is 4.70. The van der Waals surface area contributed by atoms with E-state index in [2.05, 4.69) is 10.6 Å². The monoisotopic (exact) mass is 410 g/mol. The van der Waals surface area contributed by atoms with Crippen LogP contribution in [0.2, 0.25) is 5.02 Å². The number of hydrogen-bond acceptors (Lipinski definition) is 5. The number of carbonyl (C=O) groups excluding carboxylic acids is 2. The summed E-state index contributed by atoms with van der Waals surface area (Å²) >= 11 is 6.46. The summed E-state index contributed by atoms with van der Waals surface area (Å²) in [6.45, 7) is 9.81. The molecule has 8 heteroatoms. The van der Waals surface area contributed by atoms with Crippen molar-refractivity contribution < 1.29 is 23.8 Å². The Morgan fingerprint density at radius 2 is 1.93 bits per heavy atom. The van der Waals surface area contributed by atoms with Crippen LogP contribution in [0.1, 0.15) is 46.2 Å². The van der Waals surface area contributed by atoms with E-state index in [-0.39, 0.29) is 12.0 Å². The number of amides is 2. The lowest BCUT2D eigenvalue weighted by atomic mass is 9.91. The molecule has 0 fully saturated rings. The summed E-state index contributed by atoms with van der Waals surface area (Å²) in [4.78, 5) is 24.7. The molecule has 0 bridgehead atoms. The predicted molar refractivity (Wildman–Crippen MR) is 107 cm³/mol. The second-order valence-corrected chi connectivity index (χ2v) is 7.34. The van der Waals surface area contributed by atoms with Gasteiger partial charge in [-0.1, -0.05) is 25.4 Å². The lowest BCUT2D eigenvalue weighted by Crippen LogP contribution is -2.47. The fourth-order valence-corrected chi connectivity index (χ4v) is 3.26. The molecule has 1 aliphatic rings. The molecule has 1 heterocycles. The van der Waals surface area contributed by atoms with Gasteiger partial charge in [0, 0.05) is 5.70 Å². The van der Waals surface area contributed by atoms with Crippen LogP contribution in [0.25, 0.3) is 0 Å². The fourth-order valence-electron chi connectivity index (χ4n) is 3.00. The number of hydrogen-bond donors (Lipinski definition) is 2. The third-order valence-electron chi connectivity index (χ3n) is 4.10. The molecule has 28 heavy (non-hydrogen) atoms. The minimum atomic E-state index is -0.733. The summed E-state index contributed by atoms with van der Waals surface area (Å²) in [5.41, 5.74) is 1.43. The van der Waals surface area contributed by atoms with Gasteiger partial charge in [0.15, 0.2) is 11.5 Å². The van der Waals surface area contributed by atoms with Crippen LogP contribution < -0.4 is 20.1 Å². The lowest BCUT2D eigenvalue weighted by Gasteiger charge is -2.31. The van der Waals surface area contributed by atoms with Gasteiger partial charge < -0.3 is 24.8 Å². The summed E-state index contributed by atoms with van der Waals surface area (Å²) in [6.07, 6.45) is -0.0980. The average molecular weight is 411 g/mol. The van der Waals surface area contributed by atoms with E-state index in [4.69, 9.17) is 25.8 Å². The molecule has 1 aliphatic heterocycles. The first-order valence-electron chi connectivity index (χ1n) is 9.22. The Balaban J connectivity index is 2.64. The van der Waals surface area contributed by atoms with Gasteiger partial charge in [0.1, 0.15) is 0 Å². The van der Waals surface area contributed by atoms with E-state index in [1.54, 1.807) is 12.1 Å². The standard InChI is InChI=1S/C20H27ClN2O5/c1-7-27-14-9-12(8-13(21)18(14)28-11(4)5)17-15(19(24)26-6)16(10(2)3)22-20(25)23-17/h8-11,17H,7H2,1-6H3,(H2,22,23,25). The number of benzene rings is 1. The molecule has 0 saturated heterocycles. The maximum absolute atomic E-state index is 12.5. The summed E-state index contributed by atoms with van der Waals surface area (Å²) in [5.74, 6) is 0.253. The number of urea groups is 1. The highest BCUT2D eigenvalue weighted by atomic mass is 35.5. The molecule has 1 unspecified atom stereocenters. The summed E-state index contributed by atoms with van der Waals surface area (Å²) in [6, 6.07) is 2.25. The Hall–Kier alpha value is -2.41. The van der Waals surface area contributed by atoms with Gasteiger partial charge >= 0.3 is 12.0 Å². The van der Waals surface area contributed by atoms with Crippen LogP contribution in [0.15, 0.2) is 23.4 Å². The Morgan fingerprint density at radius 3 is 2.46 bits per heavy atom. The third-order valence-corrected chi connectivity index (χ3v) is 4.38. The second kappa shape index (κ2) is 9.19. The molecule has 0 aromatic heterocycles. The van der Waals surface area contributed by atoms with E-state index in [9.17, 15) is 9.59 Å². The first-order chi connectivity index (χ1) is 13.2. The molecule has 2 rings (SSSR count). The van der Waals surface area contributed by atoms with Gasteiger partial charge in [-0.3, -0.25) is 0 Å². The molecule has 154 valence electrons. The maximum atomic E-state index is 12.5.